The Balaban J connectivity index is 2.78. The van der Waals surface area contributed by atoms with Crippen molar-refractivity contribution in [2.75, 3.05) is 6.54 Å². The van der Waals surface area contributed by atoms with E-state index in [0.717, 1.165) is 6.33 Å². The van der Waals surface area contributed by atoms with Crippen LogP contribution >= 0.6 is 11.6 Å². The molecule has 1 amide bonds. The third kappa shape index (κ3) is 2.81. The number of carbonyl (C=O) groups excluding carboxylic acids is 1. The van der Waals surface area contributed by atoms with Crippen LogP contribution in [0.4, 0.5) is 0 Å². The lowest BCUT2D eigenvalue weighted by molar-refractivity contribution is 0.0685. The Morgan fingerprint density at radius 1 is 1.67 bits per heavy atom. The number of amides is 1. The number of nitrogens with zero attached hydrogens (tertiary/aromatic N) is 1. The molecule has 0 aliphatic carbocycles. The Morgan fingerprint density at radius 2 is 2.33 bits per heavy atom. The summed E-state index contributed by atoms with van der Waals surface area (Å²) >= 11 is 5.43. The van der Waals surface area contributed by atoms with Crippen molar-refractivity contribution in [3.63, 3.8) is 0 Å². The first-order valence-corrected chi connectivity index (χ1v) is 4.28. The predicted octanol–water partition coefficient (Wildman–Crippen LogP) is 0.590. The molecule has 0 aliphatic rings. The van der Waals surface area contributed by atoms with E-state index < -0.39 is 11.9 Å². The number of hydrogen-bond donors (Lipinski definition) is 3. The molecule has 0 saturated carbocycles. The Bertz CT molecular complexity index is 413. The van der Waals surface area contributed by atoms with Crippen molar-refractivity contribution in [2.45, 2.75) is 0 Å². The van der Waals surface area contributed by atoms with Crippen molar-refractivity contribution in [2.24, 2.45) is 0 Å². The average molecular weight is 230 g/mol. The molecule has 1 heterocycles. The summed E-state index contributed by atoms with van der Waals surface area (Å²) in [5.41, 5.74) is -0.437. The minimum Gasteiger partial charge on any atom is -0.477 e. The molecular formula is C8H8ClN3O3. The second kappa shape index (κ2) is 4.61. The van der Waals surface area contributed by atoms with E-state index in [-0.39, 0.29) is 23.0 Å². The van der Waals surface area contributed by atoms with Crippen molar-refractivity contribution in [3.8, 4) is 0 Å². The summed E-state index contributed by atoms with van der Waals surface area (Å²) in [4.78, 5) is 28.0. The quantitative estimate of drug-likeness (QED) is 0.704. The number of aromatic nitrogens is 2. The summed E-state index contributed by atoms with van der Waals surface area (Å²) in [7, 11) is 0. The lowest BCUT2D eigenvalue weighted by Gasteiger charge is -2.01. The molecule has 1 aromatic heterocycles. The molecule has 3 N–H and O–H groups in total. The highest BCUT2D eigenvalue weighted by Crippen LogP contribution is 2.03. The number of hydrogen-bond acceptors (Lipinski definition) is 3. The van der Waals surface area contributed by atoms with E-state index in [1.54, 1.807) is 0 Å². The van der Waals surface area contributed by atoms with Crippen molar-refractivity contribution >= 4 is 23.5 Å². The van der Waals surface area contributed by atoms with Gasteiger partial charge in [0, 0.05) is 5.03 Å². The van der Waals surface area contributed by atoms with E-state index in [2.05, 4.69) is 21.9 Å². The van der Waals surface area contributed by atoms with Gasteiger partial charge in [0.1, 0.15) is 0 Å². The van der Waals surface area contributed by atoms with Gasteiger partial charge in [-0.25, -0.2) is 9.78 Å². The van der Waals surface area contributed by atoms with Gasteiger partial charge in [-0.05, 0) is 0 Å². The second-order valence-electron chi connectivity index (χ2n) is 2.63. The first kappa shape index (κ1) is 11.3. The van der Waals surface area contributed by atoms with E-state index in [9.17, 15) is 9.59 Å². The smallest absolute Gasteiger partial charge is 0.354 e. The zero-order valence-electron chi connectivity index (χ0n) is 7.58. The molecule has 0 bridgehead atoms. The monoisotopic (exact) mass is 229 g/mol. The van der Waals surface area contributed by atoms with Crippen LogP contribution < -0.4 is 5.32 Å². The van der Waals surface area contributed by atoms with Gasteiger partial charge in [0.25, 0.3) is 5.91 Å². The molecule has 0 saturated heterocycles. The van der Waals surface area contributed by atoms with Crippen molar-refractivity contribution in [3.05, 3.63) is 29.3 Å². The summed E-state index contributed by atoms with van der Waals surface area (Å²) in [5, 5.41) is 11.3. The number of H-pyrrole nitrogens is 1. The van der Waals surface area contributed by atoms with Crippen LogP contribution in [-0.4, -0.2) is 33.5 Å². The lowest BCUT2D eigenvalue weighted by Crippen LogP contribution is -2.26. The molecule has 6 nitrogen and oxygen atoms in total. The number of aromatic carboxylic acids is 1. The Kier molecular flexibility index (Phi) is 3.46. The van der Waals surface area contributed by atoms with Crippen LogP contribution in [0.15, 0.2) is 17.9 Å². The third-order valence-corrected chi connectivity index (χ3v) is 1.64. The van der Waals surface area contributed by atoms with Crippen LogP contribution in [0.2, 0.25) is 0 Å². The maximum Gasteiger partial charge on any atom is 0.354 e. The number of halogens is 1. The highest BCUT2D eigenvalue weighted by molar-refractivity contribution is 6.29. The Labute approximate surface area is 90.0 Å². The first-order chi connectivity index (χ1) is 7.02. The predicted molar refractivity (Wildman–Crippen MR) is 52.9 cm³/mol. The molecule has 7 heteroatoms. The number of imidazole rings is 1. The van der Waals surface area contributed by atoms with Gasteiger partial charge in [-0.2, -0.15) is 0 Å². The molecular weight excluding hydrogens is 222 g/mol. The standard InChI is InChI=1S/C8H8ClN3O3/c1-4(9)2-10-7(13)5-6(8(14)15)12-3-11-5/h3H,1-2H2,(H,10,13)(H,11,12)(H,14,15). The number of rotatable bonds is 4. The highest BCUT2D eigenvalue weighted by Gasteiger charge is 2.19. The summed E-state index contributed by atoms with van der Waals surface area (Å²) in [6, 6.07) is 0. The summed E-state index contributed by atoms with van der Waals surface area (Å²) in [6.07, 6.45) is 1.13. The van der Waals surface area contributed by atoms with Crippen LogP contribution in [0.3, 0.4) is 0 Å². The van der Waals surface area contributed by atoms with Crippen LogP contribution in [-0.2, 0) is 0 Å². The van der Waals surface area contributed by atoms with Crippen LogP contribution in [0.5, 0.6) is 0 Å². The number of carbonyl (C=O) groups is 2. The van der Waals surface area contributed by atoms with Crippen LogP contribution in [0.1, 0.15) is 21.0 Å². The number of aromatic amines is 1. The highest BCUT2D eigenvalue weighted by atomic mass is 35.5. The third-order valence-electron chi connectivity index (χ3n) is 1.51. The Hall–Kier alpha value is -1.82. The normalized spacial score (nSPS) is 9.67. The van der Waals surface area contributed by atoms with Crippen molar-refractivity contribution in [1.29, 1.82) is 0 Å². The molecule has 80 valence electrons. The maximum absolute atomic E-state index is 11.4. The van der Waals surface area contributed by atoms with Gasteiger partial charge in [0.15, 0.2) is 11.4 Å². The minimum absolute atomic E-state index is 0.0618. The van der Waals surface area contributed by atoms with Crippen molar-refractivity contribution < 1.29 is 14.7 Å². The Morgan fingerprint density at radius 3 is 2.87 bits per heavy atom. The van der Waals surface area contributed by atoms with Gasteiger partial charge in [-0.3, -0.25) is 4.79 Å². The summed E-state index contributed by atoms with van der Waals surface area (Å²) in [6.45, 7) is 3.43. The van der Waals surface area contributed by atoms with Gasteiger partial charge in [0.05, 0.1) is 12.9 Å². The molecule has 0 radical (unpaired) electrons. The fraction of sp³-hybridized carbons (Fsp3) is 0.125. The van der Waals surface area contributed by atoms with E-state index in [1.807, 2.05) is 0 Å². The zero-order valence-corrected chi connectivity index (χ0v) is 8.34. The number of carboxylic acids is 1. The average Bonchev–Trinajstić information content (AvgIpc) is 2.62. The molecule has 0 aliphatic heterocycles. The van der Waals surface area contributed by atoms with Crippen molar-refractivity contribution in [1.82, 2.24) is 15.3 Å². The van der Waals surface area contributed by atoms with Gasteiger partial charge in [-0.15, -0.1) is 0 Å². The van der Waals surface area contributed by atoms with E-state index >= 15 is 0 Å². The summed E-state index contributed by atoms with van der Waals surface area (Å²) < 4.78 is 0. The maximum atomic E-state index is 11.4. The first-order valence-electron chi connectivity index (χ1n) is 3.90. The molecule has 1 rings (SSSR count). The SMILES string of the molecule is C=C(Cl)CNC(=O)c1nc[nH]c1C(=O)O. The van der Waals surface area contributed by atoms with E-state index in [4.69, 9.17) is 16.7 Å². The lowest BCUT2D eigenvalue weighted by atomic mass is 10.3. The fourth-order valence-electron chi connectivity index (χ4n) is 0.889. The van der Waals surface area contributed by atoms with Gasteiger partial charge in [0.2, 0.25) is 0 Å². The van der Waals surface area contributed by atoms with Crippen LogP contribution in [0.25, 0.3) is 0 Å². The minimum atomic E-state index is -1.25. The van der Waals surface area contributed by atoms with E-state index in [1.165, 1.54) is 0 Å². The molecule has 1 aromatic rings. The number of carboxylic acid groups (broad SMARTS) is 1. The zero-order chi connectivity index (χ0) is 11.4. The topological polar surface area (TPSA) is 95.1 Å². The largest absolute Gasteiger partial charge is 0.477 e. The van der Waals surface area contributed by atoms with Gasteiger partial charge < -0.3 is 15.4 Å². The van der Waals surface area contributed by atoms with E-state index in [0.29, 0.717) is 0 Å². The molecule has 15 heavy (non-hydrogen) atoms. The summed E-state index contributed by atoms with van der Waals surface area (Å²) in [5.74, 6) is -1.86. The molecule has 0 spiro atoms. The molecule has 0 unspecified atom stereocenters. The molecule has 0 atom stereocenters. The van der Waals surface area contributed by atoms with Crippen LogP contribution in [0, 0.1) is 0 Å². The number of nitrogens with one attached hydrogen (secondary N) is 2. The van der Waals surface area contributed by atoms with Gasteiger partial charge >= 0.3 is 5.97 Å². The molecule has 0 aromatic carbocycles. The molecule has 0 fully saturated rings. The second-order valence-corrected chi connectivity index (χ2v) is 3.17. The fourth-order valence-corrected chi connectivity index (χ4v) is 0.956. The van der Waals surface area contributed by atoms with Gasteiger partial charge in [-0.1, -0.05) is 18.2 Å².